The average Bonchev–Trinajstić information content (AvgIpc) is 2.26. The SMILES string of the molecule is Cc1ccc(N2CCCN(C)S2(=O)=O)cc1C. The second kappa shape index (κ2) is 4.31. The van der Waals surface area contributed by atoms with E-state index in [-0.39, 0.29) is 0 Å². The summed E-state index contributed by atoms with van der Waals surface area (Å²) in [5, 5.41) is 0. The van der Waals surface area contributed by atoms with E-state index in [1.165, 1.54) is 14.2 Å². The van der Waals surface area contributed by atoms with Gasteiger partial charge in [0, 0.05) is 20.1 Å². The first-order valence-corrected chi connectivity index (χ1v) is 7.14. The predicted octanol–water partition coefficient (Wildman–Crippen LogP) is 1.69. The van der Waals surface area contributed by atoms with Crippen molar-refractivity contribution in [1.29, 1.82) is 0 Å². The Morgan fingerprint density at radius 3 is 2.47 bits per heavy atom. The molecule has 0 aromatic heterocycles. The molecule has 0 unspecified atom stereocenters. The van der Waals surface area contributed by atoms with Crippen molar-refractivity contribution in [3.05, 3.63) is 29.3 Å². The topological polar surface area (TPSA) is 40.6 Å². The quantitative estimate of drug-likeness (QED) is 0.765. The van der Waals surface area contributed by atoms with Gasteiger partial charge in [0.25, 0.3) is 0 Å². The molecule has 1 aromatic rings. The Labute approximate surface area is 103 Å². The van der Waals surface area contributed by atoms with Crippen molar-refractivity contribution in [2.24, 2.45) is 0 Å². The normalized spacial score (nSPS) is 20.5. The van der Waals surface area contributed by atoms with Gasteiger partial charge in [-0.1, -0.05) is 6.07 Å². The maximum atomic E-state index is 12.2. The monoisotopic (exact) mass is 254 g/mol. The molecule has 94 valence electrons. The molecule has 4 nitrogen and oxygen atoms in total. The molecule has 0 spiro atoms. The van der Waals surface area contributed by atoms with Crippen molar-refractivity contribution in [3.8, 4) is 0 Å². The molecule has 0 saturated carbocycles. The molecule has 1 aliphatic rings. The second-order valence-corrected chi connectivity index (χ2v) is 6.48. The third kappa shape index (κ3) is 2.17. The largest absolute Gasteiger partial charge is 0.303 e. The van der Waals surface area contributed by atoms with Crippen molar-refractivity contribution in [3.63, 3.8) is 0 Å². The lowest BCUT2D eigenvalue weighted by Gasteiger charge is -2.34. The van der Waals surface area contributed by atoms with Crippen LogP contribution in [0.3, 0.4) is 0 Å². The molecule has 2 rings (SSSR count). The second-order valence-electron chi connectivity index (χ2n) is 4.52. The van der Waals surface area contributed by atoms with Crippen LogP contribution < -0.4 is 4.31 Å². The van der Waals surface area contributed by atoms with Crippen LogP contribution in [0.15, 0.2) is 18.2 Å². The standard InChI is InChI=1S/C12H18N2O2S/c1-10-5-6-12(9-11(10)2)14-8-4-7-13(3)17(14,15)16/h5-6,9H,4,7-8H2,1-3H3. The van der Waals surface area contributed by atoms with Gasteiger partial charge in [0.15, 0.2) is 0 Å². The van der Waals surface area contributed by atoms with Crippen LogP contribution >= 0.6 is 0 Å². The zero-order chi connectivity index (χ0) is 12.6. The Morgan fingerprint density at radius 2 is 1.82 bits per heavy atom. The minimum Gasteiger partial charge on any atom is -0.258 e. The van der Waals surface area contributed by atoms with Gasteiger partial charge >= 0.3 is 10.2 Å². The summed E-state index contributed by atoms with van der Waals surface area (Å²) in [5.74, 6) is 0. The summed E-state index contributed by atoms with van der Waals surface area (Å²) < 4.78 is 27.2. The summed E-state index contributed by atoms with van der Waals surface area (Å²) in [7, 11) is -1.69. The van der Waals surface area contributed by atoms with Gasteiger partial charge in [0.1, 0.15) is 0 Å². The zero-order valence-corrected chi connectivity index (χ0v) is 11.3. The number of hydrogen-bond acceptors (Lipinski definition) is 2. The van der Waals surface area contributed by atoms with E-state index in [4.69, 9.17) is 0 Å². The van der Waals surface area contributed by atoms with Gasteiger partial charge in [0.2, 0.25) is 0 Å². The van der Waals surface area contributed by atoms with Gasteiger partial charge in [-0.3, -0.25) is 4.31 Å². The lowest BCUT2D eigenvalue weighted by molar-refractivity contribution is 0.438. The summed E-state index contributed by atoms with van der Waals surface area (Å²) >= 11 is 0. The van der Waals surface area contributed by atoms with Crippen molar-refractivity contribution in [2.75, 3.05) is 24.4 Å². The van der Waals surface area contributed by atoms with Crippen molar-refractivity contribution in [2.45, 2.75) is 20.3 Å². The summed E-state index contributed by atoms with van der Waals surface area (Å²) in [6, 6.07) is 5.78. The van der Waals surface area contributed by atoms with E-state index >= 15 is 0 Å². The number of anilines is 1. The van der Waals surface area contributed by atoms with Gasteiger partial charge in [-0.15, -0.1) is 0 Å². The molecule has 1 aromatic carbocycles. The predicted molar refractivity (Wildman–Crippen MR) is 69.4 cm³/mol. The van der Waals surface area contributed by atoms with E-state index < -0.39 is 10.2 Å². The molecule has 1 heterocycles. The fourth-order valence-electron chi connectivity index (χ4n) is 1.98. The van der Waals surface area contributed by atoms with E-state index in [0.717, 1.165) is 17.7 Å². The average molecular weight is 254 g/mol. The minimum absolute atomic E-state index is 0.565. The first-order valence-electron chi connectivity index (χ1n) is 5.74. The molecule has 0 atom stereocenters. The highest BCUT2D eigenvalue weighted by atomic mass is 32.2. The fraction of sp³-hybridized carbons (Fsp3) is 0.500. The van der Waals surface area contributed by atoms with Crippen LogP contribution in [0.2, 0.25) is 0 Å². The molecule has 0 N–H and O–H groups in total. The first-order chi connectivity index (χ1) is 7.93. The lowest BCUT2D eigenvalue weighted by atomic mass is 10.1. The maximum absolute atomic E-state index is 12.2. The Morgan fingerprint density at radius 1 is 1.12 bits per heavy atom. The van der Waals surface area contributed by atoms with Gasteiger partial charge in [-0.2, -0.15) is 12.7 Å². The number of rotatable bonds is 1. The third-order valence-electron chi connectivity index (χ3n) is 3.29. The van der Waals surface area contributed by atoms with Crippen LogP contribution in [0.5, 0.6) is 0 Å². The van der Waals surface area contributed by atoms with E-state index in [1.54, 1.807) is 7.05 Å². The van der Waals surface area contributed by atoms with E-state index in [0.29, 0.717) is 13.1 Å². The Hall–Kier alpha value is -1.07. The Bertz CT molecular complexity index is 525. The highest BCUT2D eigenvalue weighted by Crippen LogP contribution is 2.25. The Kier molecular flexibility index (Phi) is 3.14. The highest BCUT2D eigenvalue weighted by molar-refractivity contribution is 7.90. The highest BCUT2D eigenvalue weighted by Gasteiger charge is 2.30. The summed E-state index contributed by atoms with van der Waals surface area (Å²) in [6.45, 7) is 5.19. The van der Waals surface area contributed by atoms with Crippen molar-refractivity contribution < 1.29 is 8.42 Å². The van der Waals surface area contributed by atoms with E-state index in [2.05, 4.69) is 0 Å². The lowest BCUT2D eigenvalue weighted by Crippen LogP contribution is -2.48. The maximum Gasteiger partial charge on any atom is 0.303 e. The molecule has 0 radical (unpaired) electrons. The third-order valence-corrected chi connectivity index (χ3v) is 5.21. The van der Waals surface area contributed by atoms with Crippen LogP contribution in [0.1, 0.15) is 17.5 Å². The molecule has 5 heteroatoms. The summed E-state index contributed by atoms with van der Waals surface area (Å²) in [4.78, 5) is 0. The summed E-state index contributed by atoms with van der Waals surface area (Å²) in [6.07, 6.45) is 0.864. The fourth-order valence-corrected chi connectivity index (χ4v) is 3.42. The number of nitrogens with zero attached hydrogens (tertiary/aromatic N) is 2. The first kappa shape index (κ1) is 12.4. The van der Waals surface area contributed by atoms with Gasteiger partial charge in [-0.25, -0.2) is 0 Å². The van der Waals surface area contributed by atoms with Crippen molar-refractivity contribution >= 4 is 15.9 Å². The molecule has 1 saturated heterocycles. The molecule has 17 heavy (non-hydrogen) atoms. The molecule has 0 amide bonds. The molecule has 0 bridgehead atoms. The van der Waals surface area contributed by atoms with Crippen LogP contribution in [-0.4, -0.2) is 32.9 Å². The molecule has 1 fully saturated rings. The van der Waals surface area contributed by atoms with Crippen molar-refractivity contribution in [1.82, 2.24) is 4.31 Å². The minimum atomic E-state index is -3.32. The van der Waals surface area contributed by atoms with Crippen LogP contribution in [0.4, 0.5) is 5.69 Å². The van der Waals surface area contributed by atoms with E-state index in [9.17, 15) is 8.42 Å². The number of aryl methyl sites for hydroxylation is 2. The molecular formula is C12H18N2O2S. The van der Waals surface area contributed by atoms with Gasteiger partial charge in [0.05, 0.1) is 5.69 Å². The molecule has 1 aliphatic heterocycles. The van der Waals surface area contributed by atoms with Gasteiger partial charge < -0.3 is 0 Å². The number of hydrogen-bond donors (Lipinski definition) is 0. The Balaban J connectivity index is 2.42. The van der Waals surface area contributed by atoms with Crippen LogP contribution in [0, 0.1) is 13.8 Å². The van der Waals surface area contributed by atoms with Gasteiger partial charge in [-0.05, 0) is 43.5 Å². The number of benzene rings is 1. The van der Waals surface area contributed by atoms with Crippen LogP contribution in [-0.2, 0) is 10.2 Å². The molecule has 0 aliphatic carbocycles. The summed E-state index contributed by atoms with van der Waals surface area (Å²) in [5.41, 5.74) is 3.06. The van der Waals surface area contributed by atoms with Crippen LogP contribution in [0.25, 0.3) is 0 Å². The smallest absolute Gasteiger partial charge is 0.258 e. The zero-order valence-electron chi connectivity index (χ0n) is 10.5. The van der Waals surface area contributed by atoms with E-state index in [1.807, 2.05) is 32.0 Å². The molecular weight excluding hydrogens is 236 g/mol.